The number of aliphatic hydroxyl groups is 1. The first-order chi connectivity index (χ1) is 11.0. The van der Waals surface area contributed by atoms with Gasteiger partial charge >= 0.3 is 0 Å². The lowest BCUT2D eigenvalue weighted by Gasteiger charge is -2.62. The van der Waals surface area contributed by atoms with Crippen molar-refractivity contribution >= 4 is 5.71 Å². The van der Waals surface area contributed by atoms with Crippen molar-refractivity contribution in [3.05, 3.63) is 23.3 Å². The topological polar surface area (TPSA) is 91.3 Å². The molecule has 2 fully saturated rings. The third-order valence-corrected chi connectivity index (χ3v) is 6.71. The molecule has 1 spiro atoms. The molecule has 6 nitrogen and oxygen atoms in total. The van der Waals surface area contributed by atoms with E-state index in [1.54, 1.807) is 6.07 Å². The number of nitrogens with two attached hydrogens (primary N) is 1. The van der Waals surface area contributed by atoms with Gasteiger partial charge < -0.3 is 25.7 Å². The van der Waals surface area contributed by atoms with E-state index in [1.165, 1.54) is 5.56 Å². The molecule has 122 valence electrons. The van der Waals surface area contributed by atoms with E-state index in [4.69, 9.17) is 10.6 Å². The summed E-state index contributed by atoms with van der Waals surface area (Å²) in [4.78, 5) is 2.26. The van der Waals surface area contributed by atoms with Crippen molar-refractivity contribution in [3.63, 3.8) is 0 Å². The maximum absolute atomic E-state index is 11.8. The van der Waals surface area contributed by atoms with Gasteiger partial charge in [-0.3, -0.25) is 0 Å². The van der Waals surface area contributed by atoms with Crippen LogP contribution in [0.3, 0.4) is 0 Å². The van der Waals surface area contributed by atoms with Gasteiger partial charge in [-0.15, -0.1) is 0 Å². The Hall–Kier alpha value is -1.79. The molecule has 0 aromatic heterocycles. The zero-order chi connectivity index (χ0) is 16.0. The van der Waals surface area contributed by atoms with E-state index in [1.807, 2.05) is 6.07 Å². The number of piperidine rings is 1. The van der Waals surface area contributed by atoms with Crippen molar-refractivity contribution in [2.24, 2.45) is 10.9 Å². The average Bonchev–Trinajstić information content (AvgIpc) is 2.89. The van der Waals surface area contributed by atoms with Crippen LogP contribution in [0.5, 0.6) is 11.5 Å². The number of hydrazone groups is 1. The molecule has 0 unspecified atom stereocenters. The van der Waals surface area contributed by atoms with Gasteiger partial charge in [0.2, 0.25) is 0 Å². The van der Waals surface area contributed by atoms with Crippen molar-refractivity contribution in [1.82, 2.24) is 4.90 Å². The van der Waals surface area contributed by atoms with Crippen LogP contribution in [0.1, 0.15) is 30.4 Å². The SMILES string of the molecule is CN1CC[C@]23c4c5ccc(O)c4O[C@H]2C(=NN)CC[C@@]3(O)[C@H]1C5. The first kappa shape index (κ1) is 13.6. The molecule has 1 saturated carbocycles. The van der Waals surface area contributed by atoms with Crippen LogP contribution >= 0.6 is 0 Å². The van der Waals surface area contributed by atoms with Crippen molar-refractivity contribution in [2.45, 2.75) is 48.8 Å². The van der Waals surface area contributed by atoms with Gasteiger partial charge in [0.1, 0.15) is 0 Å². The number of benzene rings is 1. The van der Waals surface area contributed by atoms with E-state index in [9.17, 15) is 10.2 Å². The monoisotopic (exact) mass is 315 g/mol. The number of ether oxygens (including phenoxy) is 1. The van der Waals surface area contributed by atoms with E-state index in [2.05, 4.69) is 17.0 Å². The zero-order valence-corrected chi connectivity index (χ0v) is 13.1. The minimum absolute atomic E-state index is 0.0599. The van der Waals surface area contributed by atoms with Crippen molar-refractivity contribution in [1.29, 1.82) is 0 Å². The Kier molecular flexibility index (Phi) is 2.37. The molecular weight excluding hydrogens is 294 g/mol. The normalized spacial score (nSPS) is 42.4. The van der Waals surface area contributed by atoms with Crippen LogP contribution in [0.2, 0.25) is 0 Å². The summed E-state index contributed by atoms with van der Waals surface area (Å²) < 4.78 is 6.17. The first-order valence-electron chi connectivity index (χ1n) is 8.24. The summed E-state index contributed by atoms with van der Waals surface area (Å²) in [5.41, 5.74) is 1.55. The molecule has 4 atom stereocenters. The third kappa shape index (κ3) is 1.29. The van der Waals surface area contributed by atoms with Crippen molar-refractivity contribution in [3.8, 4) is 11.5 Å². The molecule has 2 aliphatic heterocycles. The van der Waals surface area contributed by atoms with Crippen LogP contribution in [-0.2, 0) is 11.8 Å². The van der Waals surface area contributed by atoms with E-state index in [0.29, 0.717) is 18.6 Å². The number of hydrogen-bond acceptors (Lipinski definition) is 6. The highest BCUT2D eigenvalue weighted by Gasteiger charge is 2.72. The Morgan fingerprint density at radius 1 is 1.39 bits per heavy atom. The summed E-state index contributed by atoms with van der Waals surface area (Å²) in [7, 11) is 2.08. The zero-order valence-electron chi connectivity index (χ0n) is 13.1. The van der Waals surface area contributed by atoms with Gasteiger partial charge in [0.25, 0.3) is 0 Å². The maximum atomic E-state index is 11.8. The summed E-state index contributed by atoms with van der Waals surface area (Å²) in [6.07, 6.45) is 2.46. The van der Waals surface area contributed by atoms with Crippen LogP contribution in [0.4, 0.5) is 0 Å². The first-order valence-corrected chi connectivity index (χ1v) is 8.24. The summed E-state index contributed by atoms with van der Waals surface area (Å²) >= 11 is 0. The minimum Gasteiger partial charge on any atom is -0.504 e. The smallest absolute Gasteiger partial charge is 0.166 e. The molecule has 6 heteroatoms. The summed E-state index contributed by atoms with van der Waals surface area (Å²) in [6, 6.07) is 3.73. The van der Waals surface area contributed by atoms with Crippen LogP contribution in [0.15, 0.2) is 17.2 Å². The molecule has 0 amide bonds. The lowest BCUT2D eigenvalue weighted by Crippen LogP contribution is -2.76. The number of hydrogen-bond donors (Lipinski definition) is 3. The maximum Gasteiger partial charge on any atom is 0.166 e. The van der Waals surface area contributed by atoms with Crippen LogP contribution in [-0.4, -0.2) is 52.2 Å². The molecule has 5 rings (SSSR count). The lowest BCUT2D eigenvalue weighted by atomic mass is 9.49. The van der Waals surface area contributed by atoms with Crippen molar-refractivity contribution in [2.75, 3.05) is 13.6 Å². The fourth-order valence-electron chi connectivity index (χ4n) is 5.68. The Balaban J connectivity index is 1.86. The fourth-order valence-corrected chi connectivity index (χ4v) is 5.68. The van der Waals surface area contributed by atoms with Gasteiger partial charge in [-0.2, -0.15) is 5.10 Å². The Bertz CT molecular complexity index is 749. The van der Waals surface area contributed by atoms with Gasteiger partial charge in [-0.1, -0.05) is 6.07 Å². The Morgan fingerprint density at radius 2 is 2.22 bits per heavy atom. The minimum atomic E-state index is -0.870. The molecule has 4 aliphatic rings. The molecule has 4 N–H and O–H groups in total. The molecule has 1 aromatic rings. The highest BCUT2D eigenvalue weighted by Crippen LogP contribution is 2.64. The number of likely N-dealkylation sites (tertiary alicyclic amines) is 1. The van der Waals surface area contributed by atoms with Gasteiger partial charge in [0.05, 0.1) is 16.7 Å². The number of phenolic OH excluding ortho intramolecular Hbond substituents is 1. The van der Waals surface area contributed by atoms with Gasteiger partial charge in [0, 0.05) is 11.6 Å². The van der Waals surface area contributed by atoms with Crippen LogP contribution in [0.25, 0.3) is 0 Å². The van der Waals surface area contributed by atoms with Crippen LogP contribution in [0, 0.1) is 0 Å². The number of nitrogens with zero attached hydrogens (tertiary/aromatic N) is 2. The highest BCUT2D eigenvalue weighted by molar-refractivity contribution is 5.94. The molecular formula is C17H21N3O3. The molecule has 23 heavy (non-hydrogen) atoms. The fraction of sp³-hybridized carbons (Fsp3) is 0.588. The van der Waals surface area contributed by atoms with Gasteiger partial charge in [-0.25, -0.2) is 0 Å². The molecule has 1 aromatic carbocycles. The lowest BCUT2D eigenvalue weighted by molar-refractivity contribution is -0.160. The second-order valence-corrected chi connectivity index (χ2v) is 7.41. The quantitative estimate of drug-likeness (QED) is 0.479. The second-order valence-electron chi connectivity index (χ2n) is 7.41. The van der Waals surface area contributed by atoms with E-state index in [0.717, 1.165) is 30.7 Å². The standard InChI is InChI=1S/C17H21N3O3/c1-20-7-6-16-13-9-2-3-11(21)14(13)23-15(16)10(19-18)4-5-17(16,22)12(20)8-9/h2-3,12,15,21-22H,4-8,18H2,1H3/t12-,15+,16+,17-/m1/s1. The van der Waals surface area contributed by atoms with Crippen LogP contribution < -0.4 is 10.6 Å². The van der Waals surface area contributed by atoms with E-state index >= 15 is 0 Å². The number of aromatic hydroxyl groups is 1. The Morgan fingerprint density at radius 3 is 3.00 bits per heavy atom. The van der Waals surface area contributed by atoms with Gasteiger partial charge in [0.15, 0.2) is 17.6 Å². The van der Waals surface area contributed by atoms with Gasteiger partial charge in [-0.05, 0) is 50.9 Å². The molecule has 0 radical (unpaired) electrons. The highest BCUT2D eigenvalue weighted by atomic mass is 16.5. The number of phenols is 1. The number of likely N-dealkylation sites (N-methyl/N-ethyl adjacent to an activating group) is 1. The largest absolute Gasteiger partial charge is 0.504 e. The molecule has 2 heterocycles. The van der Waals surface area contributed by atoms with E-state index in [-0.39, 0.29) is 17.9 Å². The second kappa shape index (κ2) is 3.99. The van der Waals surface area contributed by atoms with Crippen molar-refractivity contribution < 1.29 is 14.9 Å². The summed E-state index contributed by atoms with van der Waals surface area (Å²) in [6.45, 7) is 0.888. The molecule has 2 aliphatic carbocycles. The van der Waals surface area contributed by atoms with E-state index < -0.39 is 11.0 Å². The predicted octanol–water partition coefficient (Wildman–Crippen LogP) is 0.491. The summed E-state index contributed by atoms with van der Waals surface area (Å²) in [5, 5.41) is 26.1. The summed E-state index contributed by atoms with van der Waals surface area (Å²) in [5.74, 6) is 6.29. The third-order valence-electron chi connectivity index (χ3n) is 6.71. The predicted molar refractivity (Wildman–Crippen MR) is 84.7 cm³/mol. The Labute approximate surface area is 134 Å². The molecule has 2 bridgehead atoms. The average molecular weight is 315 g/mol. The molecule has 1 saturated heterocycles. The number of rotatable bonds is 0.